The van der Waals surface area contributed by atoms with Crippen LogP contribution in [-0.2, 0) is 6.54 Å². The van der Waals surface area contributed by atoms with Crippen molar-refractivity contribution in [2.45, 2.75) is 19.5 Å². The fraction of sp³-hybridized carbons (Fsp3) is 0.375. The Morgan fingerprint density at radius 2 is 2.30 bits per heavy atom. The van der Waals surface area contributed by atoms with Gasteiger partial charge in [-0.05, 0) is 19.1 Å². The summed E-state index contributed by atoms with van der Waals surface area (Å²) in [5, 5.41) is 3.10. The quantitative estimate of drug-likeness (QED) is 0.802. The number of nitrogens with one attached hydrogen (secondary N) is 1. The van der Waals surface area contributed by atoms with E-state index in [0.717, 1.165) is 36.1 Å². The zero-order chi connectivity index (χ0) is 15.8. The molecule has 0 saturated carbocycles. The Kier molecular flexibility index (Phi) is 3.74. The fourth-order valence-corrected chi connectivity index (χ4v) is 3.93. The lowest BCUT2D eigenvalue weighted by atomic mass is 10.2. The number of H-pyrrole nitrogens is 1. The van der Waals surface area contributed by atoms with Crippen LogP contribution in [0.15, 0.2) is 29.8 Å². The smallest absolute Gasteiger partial charge is 0.185 e. The molecule has 1 fully saturated rings. The lowest BCUT2D eigenvalue weighted by Gasteiger charge is -2.39. The molecule has 4 rings (SSSR count). The summed E-state index contributed by atoms with van der Waals surface area (Å²) in [7, 11) is 0. The molecular weight excluding hydrogens is 313 g/mol. The largest absolute Gasteiger partial charge is 0.343 e. The van der Waals surface area contributed by atoms with Gasteiger partial charge >= 0.3 is 0 Å². The lowest BCUT2D eigenvalue weighted by molar-refractivity contribution is 0.217. The average molecular weight is 331 g/mol. The van der Waals surface area contributed by atoms with Gasteiger partial charge in [-0.2, -0.15) is 0 Å². The van der Waals surface area contributed by atoms with Gasteiger partial charge in [-0.3, -0.25) is 4.90 Å². The Morgan fingerprint density at radius 3 is 3.04 bits per heavy atom. The molecule has 1 N–H and O–H groups in total. The first kappa shape index (κ1) is 14.6. The van der Waals surface area contributed by atoms with E-state index in [9.17, 15) is 4.39 Å². The van der Waals surface area contributed by atoms with Crippen molar-refractivity contribution in [3.05, 3.63) is 41.4 Å². The maximum Gasteiger partial charge on any atom is 0.185 e. The van der Waals surface area contributed by atoms with Gasteiger partial charge in [-0.25, -0.2) is 14.4 Å². The third-order valence-electron chi connectivity index (χ3n) is 4.26. The van der Waals surface area contributed by atoms with Crippen LogP contribution in [0.25, 0.3) is 11.0 Å². The molecule has 1 aliphatic heterocycles. The van der Waals surface area contributed by atoms with Crippen molar-refractivity contribution in [3.63, 3.8) is 0 Å². The van der Waals surface area contributed by atoms with E-state index in [4.69, 9.17) is 0 Å². The van der Waals surface area contributed by atoms with E-state index in [0.29, 0.717) is 18.1 Å². The van der Waals surface area contributed by atoms with Crippen LogP contribution in [-0.4, -0.2) is 45.5 Å². The Morgan fingerprint density at radius 1 is 1.39 bits per heavy atom. The van der Waals surface area contributed by atoms with E-state index in [1.807, 2.05) is 17.6 Å². The number of halogens is 1. The van der Waals surface area contributed by atoms with E-state index >= 15 is 0 Å². The van der Waals surface area contributed by atoms with Crippen molar-refractivity contribution in [2.75, 3.05) is 24.5 Å². The van der Waals surface area contributed by atoms with Gasteiger partial charge in [0.2, 0.25) is 0 Å². The summed E-state index contributed by atoms with van der Waals surface area (Å²) < 4.78 is 13.7. The molecule has 1 saturated heterocycles. The van der Waals surface area contributed by atoms with Crippen LogP contribution in [0.5, 0.6) is 0 Å². The summed E-state index contributed by atoms with van der Waals surface area (Å²) in [5.41, 5.74) is 1.19. The van der Waals surface area contributed by atoms with E-state index in [2.05, 4.69) is 31.7 Å². The second-order valence-electron chi connectivity index (χ2n) is 5.91. The van der Waals surface area contributed by atoms with Gasteiger partial charge in [0.1, 0.15) is 11.3 Å². The molecule has 0 aliphatic carbocycles. The van der Waals surface area contributed by atoms with Crippen LogP contribution in [0, 0.1) is 5.82 Å². The summed E-state index contributed by atoms with van der Waals surface area (Å²) in [5.74, 6) is 0.548. The topological polar surface area (TPSA) is 48.1 Å². The maximum absolute atomic E-state index is 13.7. The van der Waals surface area contributed by atoms with Gasteiger partial charge < -0.3 is 9.88 Å². The number of aromatic nitrogens is 3. The van der Waals surface area contributed by atoms with Gasteiger partial charge in [-0.15, -0.1) is 11.3 Å². The van der Waals surface area contributed by atoms with Crippen LogP contribution in [0.2, 0.25) is 0 Å². The third kappa shape index (κ3) is 2.82. The highest BCUT2D eigenvalue weighted by Crippen LogP contribution is 2.23. The number of aromatic amines is 1. The normalized spacial score (nSPS) is 19.6. The second-order valence-corrected chi connectivity index (χ2v) is 6.78. The number of thiazole rings is 1. The number of piperazine rings is 1. The predicted octanol–water partition coefficient (Wildman–Crippen LogP) is 2.87. The summed E-state index contributed by atoms with van der Waals surface area (Å²) >= 11 is 1.68. The van der Waals surface area contributed by atoms with E-state index in [-0.39, 0.29) is 5.82 Å². The monoisotopic (exact) mass is 331 g/mol. The standard InChI is InChI=1S/C16H18FN5S/c1-11-9-21(6-7-22(11)16-18-5-8-23-16)10-14-19-13-4-2-3-12(17)15(13)20-14/h2-5,8,11H,6-7,9-10H2,1H3,(H,19,20)/t11-/m0/s1. The highest BCUT2D eigenvalue weighted by molar-refractivity contribution is 7.13. The van der Waals surface area contributed by atoms with Crippen molar-refractivity contribution in [1.82, 2.24) is 19.9 Å². The molecule has 0 unspecified atom stereocenters. The first-order chi connectivity index (χ1) is 11.2. The van der Waals surface area contributed by atoms with Crippen molar-refractivity contribution in [1.29, 1.82) is 0 Å². The molecule has 0 spiro atoms. The number of hydrogen-bond acceptors (Lipinski definition) is 5. The van der Waals surface area contributed by atoms with Crippen molar-refractivity contribution < 1.29 is 4.39 Å². The summed E-state index contributed by atoms with van der Waals surface area (Å²) in [6.07, 6.45) is 1.85. The molecule has 7 heteroatoms. The molecule has 2 aromatic heterocycles. The minimum Gasteiger partial charge on any atom is -0.343 e. The predicted molar refractivity (Wildman–Crippen MR) is 90.3 cm³/mol. The molecule has 120 valence electrons. The minimum atomic E-state index is -0.271. The number of anilines is 1. The SMILES string of the molecule is C[C@H]1CN(Cc2nc3c(F)cccc3[nH]2)CCN1c1nccs1. The van der Waals surface area contributed by atoms with Gasteiger partial charge in [0.25, 0.3) is 0 Å². The van der Waals surface area contributed by atoms with Gasteiger partial charge in [-0.1, -0.05) is 6.07 Å². The molecule has 0 amide bonds. The lowest BCUT2D eigenvalue weighted by Crippen LogP contribution is -2.51. The molecule has 23 heavy (non-hydrogen) atoms. The van der Waals surface area contributed by atoms with Crippen LogP contribution >= 0.6 is 11.3 Å². The molecule has 1 aliphatic rings. The van der Waals surface area contributed by atoms with E-state index in [1.54, 1.807) is 17.4 Å². The fourth-order valence-electron chi connectivity index (χ4n) is 3.15. The summed E-state index contributed by atoms with van der Waals surface area (Å²) in [6, 6.07) is 5.41. The van der Waals surface area contributed by atoms with Crippen LogP contribution < -0.4 is 4.90 Å². The molecule has 1 aromatic carbocycles. The van der Waals surface area contributed by atoms with Crippen molar-refractivity contribution in [3.8, 4) is 0 Å². The number of nitrogens with zero attached hydrogens (tertiary/aromatic N) is 4. The zero-order valence-corrected chi connectivity index (χ0v) is 13.7. The molecule has 0 bridgehead atoms. The Hall–Kier alpha value is -1.99. The molecular formula is C16H18FN5S. The summed E-state index contributed by atoms with van der Waals surface area (Å²) in [6.45, 7) is 5.77. The Bertz CT molecular complexity index is 800. The number of fused-ring (bicyclic) bond motifs is 1. The van der Waals surface area contributed by atoms with Gasteiger partial charge in [0, 0.05) is 37.3 Å². The number of benzene rings is 1. The molecule has 3 heterocycles. The second kappa shape index (κ2) is 5.90. The maximum atomic E-state index is 13.7. The van der Waals surface area contributed by atoms with Crippen LogP contribution in [0.4, 0.5) is 9.52 Å². The summed E-state index contributed by atoms with van der Waals surface area (Å²) in [4.78, 5) is 16.7. The van der Waals surface area contributed by atoms with E-state index in [1.165, 1.54) is 6.07 Å². The molecule has 3 aromatic rings. The van der Waals surface area contributed by atoms with Gasteiger partial charge in [0.05, 0.1) is 12.1 Å². The number of rotatable bonds is 3. The number of para-hydroxylation sites is 1. The Labute approximate surface area is 137 Å². The first-order valence-corrected chi connectivity index (χ1v) is 8.60. The minimum absolute atomic E-state index is 0.271. The van der Waals surface area contributed by atoms with Crippen molar-refractivity contribution >= 4 is 27.5 Å². The average Bonchev–Trinajstić information content (AvgIpc) is 3.17. The first-order valence-electron chi connectivity index (χ1n) is 7.72. The third-order valence-corrected chi connectivity index (χ3v) is 5.07. The number of imidazole rings is 1. The van der Waals surface area contributed by atoms with Crippen LogP contribution in [0.1, 0.15) is 12.7 Å². The highest BCUT2D eigenvalue weighted by Gasteiger charge is 2.25. The Balaban J connectivity index is 1.46. The number of hydrogen-bond donors (Lipinski definition) is 1. The van der Waals surface area contributed by atoms with Crippen LogP contribution in [0.3, 0.4) is 0 Å². The molecule has 0 radical (unpaired) electrons. The highest BCUT2D eigenvalue weighted by atomic mass is 32.1. The zero-order valence-electron chi connectivity index (χ0n) is 12.9. The van der Waals surface area contributed by atoms with E-state index < -0.39 is 0 Å². The molecule has 1 atom stereocenters. The van der Waals surface area contributed by atoms with Gasteiger partial charge in [0.15, 0.2) is 10.9 Å². The molecule has 5 nitrogen and oxygen atoms in total. The van der Waals surface area contributed by atoms with Crippen molar-refractivity contribution in [2.24, 2.45) is 0 Å².